The summed E-state index contributed by atoms with van der Waals surface area (Å²) >= 11 is 0. The van der Waals surface area contributed by atoms with E-state index < -0.39 is 65.5 Å². The predicted molar refractivity (Wildman–Crippen MR) is 370 cm³/mol. The fraction of sp³-hybridized carbons (Fsp3) is 0.411. The molecule has 4 aromatic heterocycles. The van der Waals surface area contributed by atoms with E-state index in [4.69, 9.17) is 24.2 Å². The van der Waals surface area contributed by atoms with E-state index in [1.165, 1.54) is 30.3 Å². The van der Waals surface area contributed by atoms with Crippen LogP contribution in [0.15, 0.2) is 91.5 Å². The van der Waals surface area contributed by atoms with Crippen molar-refractivity contribution in [3.8, 4) is 39.8 Å². The number of fused-ring (bicyclic) bond motifs is 3. The van der Waals surface area contributed by atoms with E-state index >= 15 is 17.6 Å². The number of carbonyl (C=O) groups excluding carboxylic acids is 7. The van der Waals surface area contributed by atoms with Gasteiger partial charge in [-0.3, -0.25) is 58.6 Å². The molecular weight excluding hydrogens is 1340 g/mol. The van der Waals surface area contributed by atoms with Crippen molar-refractivity contribution in [1.82, 2.24) is 60.1 Å². The van der Waals surface area contributed by atoms with Crippen LogP contribution in [0.4, 0.5) is 52.2 Å². The Morgan fingerprint density at radius 1 is 0.621 bits per heavy atom. The minimum Gasteiger partial charge on any atom is -0.486 e. The van der Waals surface area contributed by atoms with Gasteiger partial charge in [-0.15, -0.1) is 0 Å². The minimum absolute atomic E-state index is 0.00974. The molecule has 3 fully saturated rings. The molecule has 538 valence electrons. The van der Waals surface area contributed by atoms with Gasteiger partial charge in [-0.1, -0.05) is 6.07 Å². The number of imide groups is 2. The molecule has 10 heterocycles. The molecule has 6 aliphatic heterocycles. The molecule has 0 aliphatic carbocycles. The summed E-state index contributed by atoms with van der Waals surface area (Å²) in [6.07, 6.45) is 8.70. The number of unbranched alkanes of at least 4 members (excludes halogenated alkanes) is 1. The Labute approximate surface area is 590 Å². The van der Waals surface area contributed by atoms with Gasteiger partial charge >= 0.3 is 0 Å². The summed E-state index contributed by atoms with van der Waals surface area (Å²) in [6, 6.07) is 16.5. The number of piperidine rings is 3. The lowest BCUT2D eigenvalue weighted by Gasteiger charge is -2.35. The first-order valence-corrected chi connectivity index (χ1v) is 34.7. The molecular formula is C73H78F4N16O10. The monoisotopic (exact) mass is 1410 g/mol. The van der Waals surface area contributed by atoms with Crippen molar-refractivity contribution >= 4 is 76.0 Å². The number of ether oxygens (including phenoxy) is 3. The summed E-state index contributed by atoms with van der Waals surface area (Å²) in [5, 5.41) is 11.2. The lowest BCUT2D eigenvalue weighted by molar-refractivity contribution is -0.138. The fourth-order valence-electron chi connectivity index (χ4n) is 14.0. The Morgan fingerprint density at radius 2 is 1.15 bits per heavy atom. The average molecular weight is 1420 g/mol. The van der Waals surface area contributed by atoms with Gasteiger partial charge < -0.3 is 49.8 Å². The highest BCUT2D eigenvalue weighted by Gasteiger charge is 2.46. The number of carbonyl (C=O) groups is 7. The Kier molecular flexibility index (Phi) is 21.0. The van der Waals surface area contributed by atoms with Crippen LogP contribution < -0.4 is 45.3 Å². The quantitative estimate of drug-likeness (QED) is 0.0265. The van der Waals surface area contributed by atoms with Crippen LogP contribution in [0.25, 0.3) is 22.5 Å². The molecule has 0 radical (unpaired) electrons. The summed E-state index contributed by atoms with van der Waals surface area (Å²) in [5.74, 6) is -5.78. The maximum Gasteiger partial charge on any atom is 0.266 e. The van der Waals surface area contributed by atoms with Crippen LogP contribution in [0.5, 0.6) is 17.2 Å². The van der Waals surface area contributed by atoms with Gasteiger partial charge in [0.1, 0.15) is 36.4 Å². The van der Waals surface area contributed by atoms with Crippen molar-refractivity contribution in [2.75, 3.05) is 106 Å². The number of hydrogen-bond acceptors (Lipinski definition) is 21. The molecule has 103 heavy (non-hydrogen) atoms. The van der Waals surface area contributed by atoms with Crippen molar-refractivity contribution in [3.05, 3.63) is 137 Å². The first-order valence-electron chi connectivity index (χ1n) is 34.7. The van der Waals surface area contributed by atoms with Crippen molar-refractivity contribution in [3.63, 3.8) is 0 Å². The minimum atomic E-state index is -1.17. The maximum absolute atomic E-state index is 15.4. The van der Waals surface area contributed by atoms with E-state index in [-0.39, 0.29) is 131 Å². The lowest BCUT2D eigenvalue weighted by Crippen LogP contribution is -2.54. The highest BCUT2D eigenvalue weighted by Crippen LogP contribution is 2.42. The number of nitrogens with zero attached hydrogens (tertiary/aromatic N) is 12. The Morgan fingerprint density at radius 3 is 1.63 bits per heavy atom. The molecule has 0 spiro atoms. The molecule has 3 aromatic carbocycles. The van der Waals surface area contributed by atoms with Crippen molar-refractivity contribution in [1.29, 1.82) is 0 Å². The number of benzene rings is 3. The number of aromatic nitrogens is 6. The highest BCUT2D eigenvalue weighted by atomic mass is 19.1. The topological polar surface area (TPSA) is 292 Å². The third kappa shape index (κ3) is 15.6. The van der Waals surface area contributed by atoms with Crippen LogP contribution in [0.2, 0.25) is 0 Å². The largest absolute Gasteiger partial charge is 0.486 e. The van der Waals surface area contributed by atoms with Gasteiger partial charge in [0, 0.05) is 85.6 Å². The van der Waals surface area contributed by atoms with E-state index in [0.29, 0.717) is 120 Å². The second kappa shape index (κ2) is 30.7. The number of amides is 7. The molecule has 1 atom stereocenters. The zero-order valence-electron chi connectivity index (χ0n) is 57.4. The summed E-state index contributed by atoms with van der Waals surface area (Å²) in [4.78, 5) is 130. The van der Waals surface area contributed by atoms with Crippen LogP contribution in [-0.2, 0) is 24.0 Å². The average Bonchev–Trinajstić information content (AvgIpc) is 1.63. The highest BCUT2D eigenvalue weighted by molar-refractivity contribution is 6.24. The first kappa shape index (κ1) is 70.5. The Balaban J connectivity index is 0.612. The third-order valence-corrected chi connectivity index (χ3v) is 19.5. The molecule has 30 heteroatoms. The van der Waals surface area contributed by atoms with E-state index in [0.717, 1.165) is 28.7 Å². The van der Waals surface area contributed by atoms with Crippen LogP contribution in [0, 0.1) is 23.3 Å². The number of nitrogens with one attached hydrogen (secondary N) is 4. The number of anilines is 6. The molecule has 1 unspecified atom stereocenters. The Bertz CT molecular complexity index is 4200. The SMILES string of the molecule is CC(C)N1CCOc2c(F)cc(-c3nc(Nc4ccc(C5CCN(C(=O)CN(CCCCNC(=O)COc6cccc7c6C(=O)N(C6CCC(=O)NC6=O)C7=O)CC(=O)N6CCC(c7ccc(Nc8ncc(F)c(-c9cc(F)c%10c(c9)N(C(C)C)CCO%10)n8)cn7)CC6)CC5)nc4)ncc3F)cc21. The van der Waals surface area contributed by atoms with Gasteiger partial charge in [0.2, 0.25) is 35.5 Å². The summed E-state index contributed by atoms with van der Waals surface area (Å²) < 4.78 is 78.5. The van der Waals surface area contributed by atoms with E-state index in [1.807, 2.05) is 66.7 Å². The standard InChI is InChI=1S/C73H78F4N16O10/c1-41(2)91-26-28-101-67-50(74)30-45(32-57(67)91)65-52(76)36-81-72(86-65)83-47-10-12-54(79-34-47)43-16-22-89(23-17-43)62(96)38-88(21-6-5-20-78-61(95)40-103-59-9-7-8-49-64(59)71(100)93(70(49)99)56-14-15-60(94)85-69(56)98)39-63(97)90-24-18-44(19-25-90)55-13-11-48(35-80-55)84-73-82-37-53(77)66(87-73)46-31-51(75)68-58(33-46)92(42(3)4)27-29-102-68/h7-13,30-37,41-44,56H,5-6,14-29,38-40H2,1-4H3,(H,78,95)(H,81,83,86)(H,82,84,87)(H,85,94,98). The molecule has 26 nitrogen and oxygen atoms in total. The smallest absolute Gasteiger partial charge is 0.266 e. The summed E-state index contributed by atoms with van der Waals surface area (Å²) in [6.45, 7) is 11.4. The third-order valence-electron chi connectivity index (χ3n) is 19.5. The number of hydrogen-bond donors (Lipinski definition) is 4. The predicted octanol–water partition coefficient (Wildman–Crippen LogP) is 8.44. The van der Waals surface area contributed by atoms with Gasteiger partial charge in [0.05, 0.1) is 84.8 Å². The zero-order valence-corrected chi connectivity index (χ0v) is 57.4. The fourth-order valence-corrected chi connectivity index (χ4v) is 14.0. The van der Waals surface area contributed by atoms with Gasteiger partial charge in [-0.2, -0.15) is 0 Å². The van der Waals surface area contributed by atoms with Gasteiger partial charge in [0.15, 0.2) is 41.4 Å². The Hall–Kier alpha value is -10.9. The van der Waals surface area contributed by atoms with Crippen LogP contribution in [0.3, 0.4) is 0 Å². The van der Waals surface area contributed by atoms with Crippen molar-refractivity contribution in [2.24, 2.45) is 0 Å². The van der Waals surface area contributed by atoms with Gasteiger partial charge in [-0.25, -0.2) is 37.5 Å². The molecule has 7 amide bonds. The van der Waals surface area contributed by atoms with Crippen LogP contribution >= 0.6 is 0 Å². The summed E-state index contributed by atoms with van der Waals surface area (Å²) in [5.41, 5.74) is 3.97. The normalized spacial score (nSPS) is 17.1. The van der Waals surface area contributed by atoms with Gasteiger partial charge in [0.25, 0.3) is 17.7 Å². The second-order valence-electron chi connectivity index (χ2n) is 26.9. The van der Waals surface area contributed by atoms with Crippen LogP contribution in [0.1, 0.15) is 123 Å². The van der Waals surface area contributed by atoms with E-state index in [9.17, 15) is 33.6 Å². The molecule has 3 saturated heterocycles. The first-order chi connectivity index (χ1) is 49.7. The maximum atomic E-state index is 15.4. The van der Waals surface area contributed by atoms with Crippen LogP contribution in [-0.4, -0.2) is 194 Å². The molecule has 4 N–H and O–H groups in total. The molecule has 6 aliphatic rings. The van der Waals surface area contributed by atoms with Crippen molar-refractivity contribution < 1.29 is 65.3 Å². The lowest BCUT2D eigenvalue weighted by atomic mass is 9.93. The molecule has 0 saturated carbocycles. The second-order valence-corrected chi connectivity index (χ2v) is 26.9. The molecule has 7 aromatic rings. The molecule has 13 rings (SSSR count). The van der Waals surface area contributed by atoms with Crippen molar-refractivity contribution in [2.45, 2.75) is 109 Å². The van der Waals surface area contributed by atoms with E-state index in [1.54, 1.807) is 34.3 Å². The summed E-state index contributed by atoms with van der Waals surface area (Å²) in [7, 11) is 0. The number of pyridine rings is 2. The zero-order chi connectivity index (χ0) is 72.2. The van der Waals surface area contributed by atoms with E-state index in [2.05, 4.69) is 41.2 Å². The van der Waals surface area contributed by atoms with Gasteiger partial charge in [-0.05, 0) is 140 Å². The number of halogens is 4. The molecule has 0 bridgehead atoms. The number of likely N-dealkylation sites (tertiary alicyclic amines) is 2. The number of rotatable bonds is 23.